The highest BCUT2D eigenvalue weighted by Gasteiger charge is 2.41. The van der Waals surface area contributed by atoms with Crippen LogP contribution in [0.3, 0.4) is 0 Å². The molecule has 0 saturated carbocycles. The summed E-state index contributed by atoms with van der Waals surface area (Å²) in [6, 6.07) is 8.52. The third kappa shape index (κ3) is 2.48. The molecule has 1 aliphatic rings. The second-order valence-electron chi connectivity index (χ2n) is 5.17. The van der Waals surface area contributed by atoms with Crippen molar-refractivity contribution in [2.24, 2.45) is 5.92 Å². The number of hydrogen-bond acceptors (Lipinski definition) is 2. The average molecular weight is 260 g/mol. The molecule has 1 aromatic carbocycles. The normalized spacial score (nSPS) is 23.7. The predicted octanol–water partition coefficient (Wildman–Crippen LogP) is 1.73. The van der Waals surface area contributed by atoms with Gasteiger partial charge in [0.2, 0.25) is 11.8 Å². The number of nitrogens with zero attached hydrogens (tertiary/aromatic N) is 1. The Balaban J connectivity index is 2.35. The molecule has 1 heterocycles. The monoisotopic (exact) mass is 260 g/mol. The fourth-order valence-electron chi connectivity index (χ4n) is 2.50. The molecule has 0 spiro atoms. The van der Waals surface area contributed by atoms with Crippen LogP contribution in [0.5, 0.6) is 0 Å². The second-order valence-corrected chi connectivity index (χ2v) is 5.17. The third-order valence-electron chi connectivity index (χ3n) is 3.53. The first kappa shape index (κ1) is 13.6. The zero-order valence-electron chi connectivity index (χ0n) is 11.6. The van der Waals surface area contributed by atoms with Gasteiger partial charge in [-0.3, -0.25) is 9.59 Å². The van der Waals surface area contributed by atoms with Crippen molar-refractivity contribution < 1.29 is 9.59 Å². The summed E-state index contributed by atoms with van der Waals surface area (Å²) in [5.41, 5.74) is 0.859. The van der Waals surface area contributed by atoms with Gasteiger partial charge in [-0.1, -0.05) is 44.2 Å². The molecule has 2 amide bonds. The number of rotatable bonds is 3. The van der Waals surface area contributed by atoms with Crippen LogP contribution in [0.4, 0.5) is 0 Å². The summed E-state index contributed by atoms with van der Waals surface area (Å²) in [5, 5.41) is 2.85. The van der Waals surface area contributed by atoms with Gasteiger partial charge in [-0.15, -0.1) is 0 Å². The summed E-state index contributed by atoms with van der Waals surface area (Å²) < 4.78 is 0. The molecule has 1 fully saturated rings. The lowest BCUT2D eigenvalue weighted by Crippen LogP contribution is -2.60. The molecule has 1 saturated heterocycles. The van der Waals surface area contributed by atoms with Crippen LogP contribution < -0.4 is 5.32 Å². The molecular weight excluding hydrogens is 240 g/mol. The van der Waals surface area contributed by atoms with Crippen molar-refractivity contribution in [3.8, 4) is 0 Å². The van der Waals surface area contributed by atoms with E-state index >= 15 is 0 Å². The van der Waals surface area contributed by atoms with Gasteiger partial charge < -0.3 is 10.2 Å². The summed E-state index contributed by atoms with van der Waals surface area (Å²) in [6.45, 7) is 6.33. The smallest absolute Gasteiger partial charge is 0.248 e. The molecule has 2 unspecified atom stereocenters. The molecule has 0 bridgehead atoms. The summed E-state index contributed by atoms with van der Waals surface area (Å²) in [5.74, 6) is 0.0135. The lowest BCUT2D eigenvalue weighted by molar-refractivity contribution is -0.150. The van der Waals surface area contributed by atoms with E-state index in [2.05, 4.69) is 5.32 Å². The van der Waals surface area contributed by atoms with E-state index in [1.165, 1.54) is 0 Å². The number of amides is 2. The van der Waals surface area contributed by atoms with E-state index in [4.69, 9.17) is 0 Å². The third-order valence-corrected chi connectivity index (χ3v) is 3.53. The van der Waals surface area contributed by atoms with Crippen LogP contribution in [-0.4, -0.2) is 29.3 Å². The van der Waals surface area contributed by atoms with Crippen molar-refractivity contribution in [2.75, 3.05) is 6.54 Å². The van der Waals surface area contributed by atoms with Crippen molar-refractivity contribution in [1.29, 1.82) is 0 Å². The summed E-state index contributed by atoms with van der Waals surface area (Å²) in [7, 11) is 0. The first-order chi connectivity index (χ1) is 9.06. The Labute approximate surface area is 113 Å². The van der Waals surface area contributed by atoms with Crippen LogP contribution in [0.15, 0.2) is 30.3 Å². The zero-order valence-corrected chi connectivity index (χ0v) is 11.6. The van der Waals surface area contributed by atoms with Gasteiger partial charge in [-0.25, -0.2) is 0 Å². The highest BCUT2D eigenvalue weighted by atomic mass is 16.2. The Morgan fingerprint density at radius 2 is 1.84 bits per heavy atom. The Kier molecular flexibility index (Phi) is 3.88. The van der Waals surface area contributed by atoms with Gasteiger partial charge in [0.1, 0.15) is 12.1 Å². The lowest BCUT2D eigenvalue weighted by Gasteiger charge is -2.40. The quantitative estimate of drug-likeness (QED) is 0.899. The molecule has 0 radical (unpaired) electrons. The number of carbonyl (C=O) groups is 2. The molecule has 4 nitrogen and oxygen atoms in total. The SMILES string of the molecule is CCN1C(=O)C(C(C)C)NC(=O)C1c1ccccc1. The molecule has 1 aromatic rings. The van der Waals surface area contributed by atoms with Crippen molar-refractivity contribution >= 4 is 11.8 Å². The maximum atomic E-state index is 12.4. The van der Waals surface area contributed by atoms with E-state index in [0.717, 1.165) is 5.56 Å². The Morgan fingerprint density at radius 1 is 1.21 bits per heavy atom. The van der Waals surface area contributed by atoms with Crippen LogP contribution in [0.1, 0.15) is 32.4 Å². The van der Waals surface area contributed by atoms with E-state index in [1.54, 1.807) is 4.90 Å². The van der Waals surface area contributed by atoms with Crippen LogP contribution in [0.25, 0.3) is 0 Å². The van der Waals surface area contributed by atoms with Crippen LogP contribution in [0.2, 0.25) is 0 Å². The average Bonchev–Trinajstić information content (AvgIpc) is 2.41. The number of piperazine rings is 1. The predicted molar refractivity (Wildman–Crippen MR) is 73.3 cm³/mol. The van der Waals surface area contributed by atoms with Crippen LogP contribution in [-0.2, 0) is 9.59 Å². The molecule has 102 valence electrons. The molecule has 0 aromatic heterocycles. The molecular formula is C15H20N2O2. The van der Waals surface area contributed by atoms with Gasteiger partial charge in [0.25, 0.3) is 0 Å². The molecule has 1 N–H and O–H groups in total. The van der Waals surface area contributed by atoms with Crippen molar-refractivity contribution in [3.63, 3.8) is 0 Å². The number of likely N-dealkylation sites (N-methyl/N-ethyl adjacent to an activating group) is 1. The van der Waals surface area contributed by atoms with Crippen molar-refractivity contribution in [1.82, 2.24) is 10.2 Å². The summed E-state index contributed by atoms with van der Waals surface area (Å²) >= 11 is 0. The van der Waals surface area contributed by atoms with Gasteiger partial charge in [0.05, 0.1) is 0 Å². The number of hydrogen-bond donors (Lipinski definition) is 1. The van der Waals surface area contributed by atoms with E-state index in [9.17, 15) is 9.59 Å². The maximum absolute atomic E-state index is 12.4. The topological polar surface area (TPSA) is 49.4 Å². The van der Waals surface area contributed by atoms with Gasteiger partial charge >= 0.3 is 0 Å². The van der Waals surface area contributed by atoms with E-state index in [1.807, 2.05) is 51.1 Å². The van der Waals surface area contributed by atoms with Crippen LogP contribution in [0, 0.1) is 5.92 Å². The highest BCUT2D eigenvalue weighted by molar-refractivity contribution is 5.97. The Hall–Kier alpha value is -1.84. The number of carbonyl (C=O) groups excluding carboxylic acids is 2. The van der Waals surface area contributed by atoms with E-state index < -0.39 is 12.1 Å². The minimum absolute atomic E-state index is 0.00551. The van der Waals surface area contributed by atoms with Crippen LogP contribution >= 0.6 is 0 Å². The fraction of sp³-hybridized carbons (Fsp3) is 0.467. The minimum Gasteiger partial charge on any atom is -0.342 e. The van der Waals surface area contributed by atoms with Gasteiger partial charge in [-0.2, -0.15) is 0 Å². The molecule has 0 aliphatic carbocycles. The lowest BCUT2D eigenvalue weighted by atomic mass is 9.94. The Bertz CT molecular complexity index is 470. The standard InChI is InChI=1S/C15H20N2O2/c1-4-17-13(11-8-6-5-7-9-11)14(18)16-12(10(2)3)15(17)19/h5-10,12-13H,4H2,1-3H3,(H,16,18). The second kappa shape index (κ2) is 5.43. The van der Waals surface area contributed by atoms with Gasteiger partial charge in [-0.05, 0) is 18.4 Å². The first-order valence-electron chi connectivity index (χ1n) is 6.72. The Morgan fingerprint density at radius 3 is 2.37 bits per heavy atom. The highest BCUT2D eigenvalue weighted by Crippen LogP contribution is 2.26. The number of benzene rings is 1. The minimum atomic E-state index is -0.506. The first-order valence-corrected chi connectivity index (χ1v) is 6.72. The van der Waals surface area contributed by atoms with Crippen molar-refractivity contribution in [3.05, 3.63) is 35.9 Å². The van der Waals surface area contributed by atoms with E-state index in [0.29, 0.717) is 6.54 Å². The van der Waals surface area contributed by atoms with Crippen molar-refractivity contribution in [2.45, 2.75) is 32.9 Å². The molecule has 2 atom stereocenters. The van der Waals surface area contributed by atoms with Gasteiger partial charge in [0, 0.05) is 6.54 Å². The van der Waals surface area contributed by atoms with Gasteiger partial charge in [0.15, 0.2) is 0 Å². The maximum Gasteiger partial charge on any atom is 0.248 e. The summed E-state index contributed by atoms with van der Waals surface area (Å²) in [4.78, 5) is 26.4. The molecule has 2 rings (SSSR count). The largest absolute Gasteiger partial charge is 0.342 e. The molecule has 1 aliphatic heterocycles. The molecule has 19 heavy (non-hydrogen) atoms. The summed E-state index contributed by atoms with van der Waals surface area (Å²) in [6.07, 6.45) is 0. The van der Waals surface area contributed by atoms with E-state index in [-0.39, 0.29) is 17.7 Å². The number of nitrogens with one attached hydrogen (secondary N) is 1. The zero-order chi connectivity index (χ0) is 14.0. The fourth-order valence-corrected chi connectivity index (χ4v) is 2.50. The molecule has 4 heteroatoms.